The number of carbonyl (C=O) groups excluding carboxylic acids is 1. The highest BCUT2D eigenvalue weighted by molar-refractivity contribution is 5.75. The van der Waals surface area contributed by atoms with Gasteiger partial charge in [-0.05, 0) is 55.2 Å². The van der Waals surface area contributed by atoms with Gasteiger partial charge in [0.25, 0.3) is 0 Å². The van der Waals surface area contributed by atoms with E-state index in [-0.39, 0.29) is 11.9 Å². The van der Waals surface area contributed by atoms with Crippen LogP contribution in [0.2, 0.25) is 0 Å². The number of alkyl halides is 3. The molecule has 4 nitrogen and oxygen atoms in total. The van der Waals surface area contributed by atoms with Gasteiger partial charge in [-0.1, -0.05) is 24.3 Å². The third-order valence-electron chi connectivity index (χ3n) is 4.91. The van der Waals surface area contributed by atoms with Crippen molar-refractivity contribution in [1.29, 1.82) is 0 Å². The van der Waals surface area contributed by atoms with Crippen LogP contribution in [0.15, 0.2) is 48.5 Å². The first kappa shape index (κ1) is 21.1. The van der Waals surface area contributed by atoms with Crippen LogP contribution in [0.5, 0.6) is 0 Å². The molecule has 3 unspecified atom stereocenters. The van der Waals surface area contributed by atoms with E-state index in [0.717, 1.165) is 25.0 Å². The van der Waals surface area contributed by atoms with Crippen LogP contribution >= 0.6 is 0 Å². The van der Waals surface area contributed by atoms with Crippen LogP contribution < -0.4 is 10.6 Å². The molecule has 1 fully saturated rings. The van der Waals surface area contributed by atoms with Crippen molar-refractivity contribution in [3.05, 3.63) is 71.0 Å². The van der Waals surface area contributed by atoms with Crippen molar-refractivity contribution in [3.8, 4) is 0 Å². The Bertz CT molecular complexity index is 833. The van der Waals surface area contributed by atoms with E-state index in [2.05, 4.69) is 10.6 Å². The SMILES string of the molecule is CC(NC(=O)NC(c1ccc(F)cc1)C1CCCO1)c1cccc(C(F)(F)F)c1. The summed E-state index contributed by atoms with van der Waals surface area (Å²) >= 11 is 0. The predicted octanol–water partition coefficient (Wildman–Crippen LogP) is 5.13. The molecule has 0 saturated carbocycles. The molecule has 0 aliphatic carbocycles. The van der Waals surface area contributed by atoms with E-state index in [1.54, 1.807) is 19.1 Å². The summed E-state index contributed by atoms with van der Waals surface area (Å²) in [6.07, 6.45) is -3.11. The lowest BCUT2D eigenvalue weighted by Crippen LogP contribution is -2.43. The zero-order valence-electron chi connectivity index (χ0n) is 15.8. The van der Waals surface area contributed by atoms with Gasteiger partial charge in [-0.2, -0.15) is 13.2 Å². The highest BCUT2D eigenvalue weighted by Crippen LogP contribution is 2.31. The Kier molecular flexibility index (Phi) is 6.42. The van der Waals surface area contributed by atoms with Gasteiger partial charge in [0.15, 0.2) is 0 Å². The van der Waals surface area contributed by atoms with Crippen LogP contribution in [0.25, 0.3) is 0 Å². The summed E-state index contributed by atoms with van der Waals surface area (Å²) in [7, 11) is 0. The van der Waals surface area contributed by atoms with Crippen molar-refractivity contribution < 1.29 is 27.1 Å². The Morgan fingerprint density at radius 2 is 1.83 bits per heavy atom. The Balaban J connectivity index is 1.70. The predicted molar refractivity (Wildman–Crippen MR) is 99.6 cm³/mol. The number of ether oxygens (including phenoxy) is 1. The van der Waals surface area contributed by atoms with Crippen molar-refractivity contribution in [1.82, 2.24) is 10.6 Å². The van der Waals surface area contributed by atoms with Gasteiger partial charge >= 0.3 is 12.2 Å². The fraction of sp³-hybridized carbons (Fsp3) is 0.381. The highest BCUT2D eigenvalue weighted by Gasteiger charge is 2.31. The van der Waals surface area contributed by atoms with Gasteiger partial charge in [-0.25, -0.2) is 9.18 Å². The van der Waals surface area contributed by atoms with E-state index in [4.69, 9.17) is 4.74 Å². The van der Waals surface area contributed by atoms with Crippen LogP contribution in [0.3, 0.4) is 0 Å². The van der Waals surface area contributed by atoms with Gasteiger partial charge in [-0.3, -0.25) is 0 Å². The number of carbonyl (C=O) groups is 1. The molecule has 8 heteroatoms. The van der Waals surface area contributed by atoms with E-state index in [1.807, 2.05) is 0 Å². The van der Waals surface area contributed by atoms with Gasteiger partial charge in [-0.15, -0.1) is 0 Å². The maximum atomic E-state index is 13.3. The number of nitrogens with one attached hydrogen (secondary N) is 2. The monoisotopic (exact) mass is 410 g/mol. The zero-order chi connectivity index (χ0) is 21.0. The van der Waals surface area contributed by atoms with Gasteiger partial charge in [0.05, 0.1) is 23.8 Å². The van der Waals surface area contributed by atoms with Gasteiger partial charge in [0, 0.05) is 6.61 Å². The number of rotatable bonds is 5. The van der Waals surface area contributed by atoms with Crippen molar-refractivity contribution in [3.63, 3.8) is 0 Å². The Labute approximate surface area is 166 Å². The number of hydrogen-bond donors (Lipinski definition) is 2. The lowest BCUT2D eigenvalue weighted by Gasteiger charge is -2.26. The molecule has 0 radical (unpaired) electrons. The molecule has 3 rings (SSSR count). The molecule has 3 atom stereocenters. The molecule has 0 bridgehead atoms. The molecular weight excluding hydrogens is 388 g/mol. The molecule has 0 spiro atoms. The summed E-state index contributed by atoms with van der Waals surface area (Å²) in [5, 5.41) is 5.48. The third kappa shape index (κ3) is 5.47. The third-order valence-corrected chi connectivity index (χ3v) is 4.91. The van der Waals surface area contributed by atoms with E-state index < -0.39 is 29.9 Å². The zero-order valence-corrected chi connectivity index (χ0v) is 15.8. The number of urea groups is 1. The average Bonchev–Trinajstić information content (AvgIpc) is 3.21. The fourth-order valence-electron chi connectivity index (χ4n) is 3.37. The molecule has 1 saturated heterocycles. The molecule has 2 aromatic carbocycles. The van der Waals surface area contributed by atoms with E-state index >= 15 is 0 Å². The summed E-state index contributed by atoms with van der Waals surface area (Å²) in [5.74, 6) is -0.387. The molecule has 1 aliphatic rings. The van der Waals surface area contributed by atoms with Crippen LogP contribution in [-0.4, -0.2) is 18.7 Å². The largest absolute Gasteiger partial charge is 0.416 e. The summed E-state index contributed by atoms with van der Waals surface area (Å²) in [6.45, 7) is 2.18. The first-order valence-electron chi connectivity index (χ1n) is 9.35. The molecule has 29 heavy (non-hydrogen) atoms. The van der Waals surface area contributed by atoms with E-state index in [9.17, 15) is 22.4 Å². The van der Waals surface area contributed by atoms with Crippen LogP contribution in [0.4, 0.5) is 22.4 Å². The van der Waals surface area contributed by atoms with Crippen LogP contribution in [0.1, 0.15) is 48.5 Å². The fourth-order valence-corrected chi connectivity index (χ4v) is 3.37. The Morgan fingerprint density at radius 3 is 2.45 bits per heavy atom. The number of amides is 2. The van der Waals surface area contributed by atoms with Gasteiger partial charge in [0.2, 0.25) is 0 Å². The maximum absolute atomic E-state index is 13.3. The first-order chi connectivity index (χ1) is 13.7. The summed E-state index contributed by atoms with van der Waals surface area (Å²) in [6, 6.07) is 8.93. The van der Waals surface area contributed by atoms with Gasteiger partial charge < -0.3 is 15.4 Å². The number of hydrogen-bond acceptors (Lipinski definition) is 2. The molecule has 0 aromatic heterocycles. The van der Waals surface area contributed by atoms with Crippen molar-refractivity contribution >= 4 is 6.03 Å². The second-order valence-electron chi connectivity index (χ2n) is 7.04. The second-order valence-corrected chi connectivity index (χ2v) is 7.04. The molecular formula is C21H22F4N2O2. The second kappa shape index (κ2) is 8.82. The molecule has 2 amide bonds. The minimum absolute atomic E-state index is 0.255. The minimum atomic E-state index is -4.45. The molecule has 2 aromatic rings. The topological polar surface area (TPSA) is 50.4 Å². The van der Waals surface area contributed by atoms with Crippen LogP contribution in [0, 0.1) is 5.82 Å². The first-order valence-corrected chi connectivity index (χ1v) is 9.35. The summed E-state index contributed by atoms with van der Waals surface area (Å²) in [4.78, 5) is 12.5. The lowest BCUT2D eigenvalue weighted by atomic mass is 9.99. The van der Waals surface area contributed by atoms with Crippen molar-refractivity contribution in [2.24, 2.45) is 0 Å². The van der Waals surface area contributed by atoms with Crippen molar-refractivity contribution in [2.45, 2.75) is 44.1 Å². The molecule has 156 valence electrons. The Hall–Kier alpha value is -2.61. The van der Waals surface area contributed by atoms with Crippen LogP contribution in [-0.2, 0) is 10.9 Å². The normalized spacial score (nSPS) is 18.9. The standard InChI is InChI=1S/C21H22F4N2O2/c1-13(15-4-2-5-16(12-15)21(23,24)25)26-20(28)27-19(18-6-3-11-29-18)14-7-9-17(22)10-8-14/h2,4-5,7-10,12-13,18-19H,3,6,11H2,1H3,(H2,26,27,28). The quantitative estimate of drug-likeness (QED) is 0.672. The summed E-state index contributed by atoms with van der Waals surface area (Å²) in [5.41, 5.74) is 0.262. The molecule has 1 aliphatic heterocycles. The average molecular weight is 410 g/mol. The van der Waals surface area contributed by atoms with E-state index in [0.29, 0.717) is 17.7 Å². The van der Waals surface area contributed by atoms with Crippen molar-refractivity contribution in [2.75, 3.05) is 6.61 Å². The number of benzene rings is 2. The molecule has 1 heterocycles. The lowest BCUT2D eigenvalue weighted by molar-refractivity contribution is -0.137. The number of halogens is 4. The Morgan fingerprint density at radius 1 is 1.10 bits per heavy atom. The highest BCUT2D eigenvalue weighted by atomic mass is 19.4. The smallest absolute Gasteiger partial charge is 0.376 e. The minimum Gasteiger partial charge on any atom is -0.376 e. The maximum Gasteiger partial charge on any atom is 0.416 e. The van der Waals surface area contributed by atoms with Gasteiger partial charge in [0.1, 0.15) is 5.82 Å². The van der Waals surface area contributed by atoms with E-state index in [1.165, 1.54) is 24.3 Å². The molecule has 2 N–H and O–H groups in total. The summed E-state index contributed by atoms with van der Waals surface area (Å²) < 4.78 is 57.7.